The fourth-order valence-corrected chi connectivity index (χ4v) is 6.35. The largest absolute Gasteiger partial charge is 0.352 e. The molecule has 1 aliphatic carbocycles. The Balaban J connectivity index is 1.35. The van der Waals surface area contributed by atoms with E-state index in [1.54, 1.807) is 29.2 Å². The van der Waals surface area contributed by atoms with Gasteiger partial charge in [0.25, 0.3) is 11.8 Å². The van der Waals surface area contributed by atoms with E-state index in [9.17, 15) is 19.2 Å². The molecule has 3 aromatic carbocycles. The van der Waals surface area contributed by atoms with E-state index in [0.29, 0.717) is 24.0 Å². The van der Waals surface area contributed by atoms with Crippen LogP contribution >= 0.6 is 15.9 Å². The second-order valence-corrected chi connectivity index (χ2v) is 12.0. The maximum Gasteiger partial charge on any atom is 0.261 e. The van der Waals surface area contributed by atoms with Crippen LogP contribution in [0.3, 0.4) is 0 Å². The van der Waals surface area contributed by atoms with Gasteiger partial charge < -0.3 is 10.2 Å². The standard InChI is InChI=1S/C34H36BrN3O4/c35-26-14-9-13-25(21-26)23-38(31(39)19-10-20-37-33(41)28-17-7-8-18-29(28)34(37)42)30(22-24-11-3-1-4-12-24)32(40)36-27-15-5-2-6-16-27/h1,3-4,7-9,11-14,17-18,21,27,30H,2,5-6,10,15-16,19-20,22-23H2,(H,36,40)/t30-/m0/s1. The van der Waals surface area contributed by atoms with Crippen molar-refractivity contribution in [1.82, 2.24) is 15.1 Å². The Bertz CT molecular complexity index is 1400. The van der Waals surface area contributed by atoms with Crippen LogP contribution in [-0.4, -0.2) is 52.1 Å². The van der Waals surface area contributed by atoms with Crippen LogP contribution in [0.4, 0.5) is 0 Å². The molecule has 1 fully saturated rings. The smallest absolute Gasteiger partial charge is 0.261 e. The molecular weight excluding hydrogens is 594 g/mol. The van der Waals surface area contributed by atoms with E-state index in [4.69, 9.17) is 0 Å². The summed E-state index contributed by atoms with van der Waals surface area (Å²) in [5.41, 5.74) is 2.67. The number of rotatable bonds is 11. The quantitative estimate of drug-likeness (QED) is 0.267. The van der Waals surface area contributed by atoms with Gasteiger partial charge >= 0.3 is 0 Å². The van der Waals surface area contributed by atoms with Crippen LogP contribution in [0.5, 0.6) is 0 Å². The molecule has 0 bridgehead atoms. The molecule has 1 heterocycles. The van der Waals surface area contributed by atoms with E-state index >= 15 is 0 Å². The lowest BCUT2D eigenvalue weighted by molar-refractivity contribution is -0.141. The van der Waals surface area contributed by atoms with Gasteiger partial charge in [0.05, 0.1) is 11.1 Å². The number of carbonyl (C=O) groups is 4. The molecule has 5 rings (SSSR count). The summed E-state index contributed by atoms with van der Waals surface area (Å²) < 4.78 is 0.893. The number of hydrogen-bond donors (Lipinski definition) is 1. The molecule has 42 heavy (non-hydrogen) atoms. The zero-order chi connectivity index (χ0) is 29.5. The van der Waals surface area contributed by atoms with Gasteiger partial charge in [0, 0.05) is 36.4 Å². The molecule has 8 heteroatoms. The van der Waals surface area contributed by atoms with Crippen molar-refractivity contribution in [3.05, 3.63) is 106 Å². The highest BCUT2D eigenvalue weighted by atomic mass is 79.9. The van der Waals surface area contributed by atoms with Crippen molar-refractivity contribution >= 4 is 39.6 Å². The first-order chi connectivity index (χ1) is 20.4. The van der Waals surface area contributed by atoms with E-state index in [-0.39, 0.29) is 49.2 Å². The number of hydrogen-bond acceptors (Lipinski definition) is 4. The third kappa shape index (κ3) is 7.16. The lowest BCUT2D eigenvalue weighted by Crippen LogP contribution is -2.52. The molecular formula is C34H36BrN3O4. The fourth-order valence-electron chi connectivity index (χ4n) is 5.90. The van der Waals surface area contributed by atoms with E-state index < -0.39 is 6.04 Å². The fraction of sp³-hybridized carbons (Fsp3) is 0.353. The van der Waals surface area contributed by atoms with Crippen molar-refractivity contribution in [3.8, 4) is 0 Å². The first-order valence-corrected chi connectivity index (χ1v) is 15.5. The van der Waals surface area contributed by atoms with Crippen molar-refractivity contribution in [2.45, 2.75) is 70.0 Å². The van der Waals surface area contributed by atoms with Crippen LogP contribution in [0.1, 0.15) is 76.8 Å². The van der Waals surface area contributed by atoms with Crippen LogP contribution in [-0.2, 0) is 22.6 Å². The number of halogens is 1. The van der Waals surface area contributed by atoms with Gasteiger partial charge in [-0.05, 0) is 54.7 Å². The normalized spacial score (nSPS) is 15.8. The molecule has 7 nitrogen and oxygen atoms in total. The van der Waals surface area contributed by atoms with Gasteiger partial charge in [-0.25, -0.2) is 0 Å². The minimum atomic E-state index is -0.708. The van der Waals surface area contributed by atoms with Crippen molar-refractivity contribution in [1.29, 1.82) is 0 Å². The van der Waals surface area contributed by atoms with Crippen molar-refractivity contribution in [3.63, 3.8) is 0 Å². The van der Waals surface area contributed by atoms with E-state index in [0.717, 1.165) is 41.3 Å². The topological polar surface area (TPSA) is 86.8 Å². The molecule has 1 N–H and O–H groups in total. The third-order valence-corrected chi connectivity index (χ3v) is 8.61. The first-order valence-electron chi connectivity index (χ1n) is 14.7. The number of benzene rings is 3. The summed E-state index contributed by atoms with van der Waals surface area (Å²) in [7, 11) is 0. The summed E-state index contributed by atoms with van der Waals surface area (Å²) in [6, 6.07) is 23.7. The molecule has 0 unspecified atom stereocenters. The molecule has 0 aromatic heterocycles. The molecule has 4 amide bonds. The molecule has 0 radical (unpaired) electrons. The molecule has 2 aliphatic rings. The number of fused-ring (bicyclic) bond motifs is 1. The lowest BCUT2D eigenvalue weighted by Gasteiger charge is -2.33. The summed E-state index contributed by atoms with van der Waals surface area (Å²) in [4.78, 5) is 56.4. The summed E-state index contributed by atoms with van der Waals surface area (Å²) in [6.45, 7) is 0.404. The third-order valence-electron chi connectivity index (χ3n) is 8.12. The van der Waals surface area contributed by atoms with Gasteiger partial charge in [0.15, 0.2) is 0 Å². The van der Waals surface area contributed by atoms with Gasteiger partial charge in [-0.1, -0.05) is 89.8 Å². The van der Waals surface area contributed by atoms with Crippen molar-refractivity contribution in [2.24, 2.45) is 0 Å². The highest BCUT2D eigenvalue weighted by Crippen LogP contribution is 2.24. The second kappa shape index (κ2) is 13.9. The van der Waals surface area contributed by atoms with Crippen molar-refractivity contribution < 1.29 is 19.2 Å². The first kappa shape index (κ1) is 29.7. The summed E-state index contributed by atoms with van der Waals surface area (Å²) >= 11 is 3.53. The Morgan fingerprint density at radius 1 is 0.857 bits per heavy atom. The number of carbonyl (C=O) groups excluding carboxylic acids is 4. The lowest BCUT2D eigenvalue weighted by atomic mass is 9.94. The zero-order valence-electron chi connectivity index (χ0n) is 23.6. The highest BCUT2D eigenvalue weighted by Gasteiger charge is 2.36. The van der Waals surface area contributed by atoms with Crippen LogP contribution in [0.2, 0.25) is 0 Å². The Morgan fingerprint density at radius 2 is 1.50 bits per heavy atom. The van der Waals surface area contributed by atoms with E-state index in [1.807, 2.05) is 54.6 Å². The minimum Gasteiger partial charge on any atom is -0.352 e. The molecule has 1 aliphatic heterocycles. The highest BCUT2D eigenvalue weighted by molar-refractivity contribution is 9.10. The molecule has 1 atom stereocenters. The van der Waals surface area contributed by atoms with Gasteiger partial charge in [0.2, 0.25) is 11.8 Å². The number of nitrogens with zero attached hydrogens (tertiary/aromatic N) is 2. The van der Waals surface area contributed by atoms with E-state index in [2.05, 4.69) is 21.2 Å². The van der Waals surface area contributed by atoms with Crippen molar-refractivity contribution in [2.75, 3.05) is 6.54 Å². The predicted molar refractivity (Wildman–Crippen MR) is 165 cm³/mol. The van der Waals surface area contributed by atoms with Gasteiger partial charge in [-0.2, -0.15) is 0 Å². The Kier molecular flexibility index (Phi) is 9.85. The van der Waals surface area contributed by atoms with Crippen LogP contribution < -0.4 is 5.32 Å². The van der Waals surface area contributed by atoms with E-state index in [1.165, 1.54) is 11.3 Å². The molecule has 3 aromatic rings. The zero-order valence-corrected chi connectivity index (χ0v) is 25.2. The summed E-state index contributed by atoms with van der Waals surface area (Å²) in [5.74, 6) is -0.994. The maximum atomic E-state index is 14.0. The average molecular weight is 631 g/mol. The van der Waals surface area contributed by atoms with Crippen LogP contribution in [0.15, 0.2) is 83.3 Å². The van der Waals surface area contributed by atoms with Gasteiger partial charge in [-0.3, -0.25) is 24.1 Å². The SMILES string of the molecule is O=C(NC1CCCCC1)[C@H](Cc1ccccc1)N(Cc1cccc(Br)c1)C(=O)CCCN1C(=O)c2ccccc2C1=O. The Labute approximate surface area is 255 Å². The molecule has 0 spiro atoms. The summed E-state index contributed by atoms with van der Waals surface area (Å²) in [5, 5.41) is 3.25. The Morgan fingerprint density at radius 3 is 2.17 bits per heavy atom. The maximum absolute atomic E-state index is 14.0. The number of nitrogens with one attached hydrogen (secondary N) is 1. The predicted octanol–water partition coefficient (Wildman–Crippen LogP) is 5.91. The van der Waals surface area contributed by atoms with Crippen LogP contribution in [0, 0.1) is 0 Å². The molecule has 218 valence electrons. The number of imide groups is 1. The number of amides is 4. The summed E-state index contributed by atoms with van der Waals surface area (Å²) in [6.07, 6.45) is 6.05. The Hall–Kier alpha value is -3.78. The van der Waals surface area contributed by atoms with Gasteiger partial charge in [0.1, 0.15) is 6.04 Å². The average Bonchev–Trinajstić information content (AvgIpc) is 3.25. The second-order valence-electron chi connectivity index (χ2n) is 11.1. The molecule has 1 saturated carbocycles. The van der Waals surface area contributed by atoms with Crippen LogP contribution in [0.25, 0.3) is 0 Å². The van der Waals surface area contributed by atoms with Gasteiger partial charge in [-0.15, -0.1) is 0 Å². The monoisotopic (exact) mass is 629 g/mol. The minimum absolute atomic E-state index is 0.101. The molecule has 0 saturated heterocycles.